The van der Waals surface area contributed by atoms with Crippen LogP contribution in [0.15, 0.2) is 18.2 Å². The SMILES string of the molecule is Cc1cc(OC(=O)CCC(=O)OCC(F)(F)C(F)(F)F)ccc1Cl. The first-order valence-electron chi connectivity index (χ1n) is 6.49. The quantitative estimate of drug-likeness (QED) is 0.428. The molecule has 0 N–H and O–H groups in total. The molecule has 10 heteroatoms. The Morgan fingerprint density at radius 2 is 1.67 bits per heavy atom. The molecule has 24 heavy (non-hydrogen) atoms. The molecule has 0 fully saturated rings. The lowest BCUT2D eigenvalue weighted by Crippen LogP contribution is -2.41. The number of hydrogen-bond acceptors (Lipinski definition) is 4. The van der Waals surface area contributed by atoms with E-state index in [9.17, 15) is 31.5 Å². The van der Waals surface area contributed by atoms with Gasteiger partial charge in [0.2, 0.25) is 0 Å². The summed E-state index contributed by atoms with van der Waals surface area (Å²) in [5, 5.41) is 0.448. The lowest BCUT2D eigenvalue weighted by atomic mass is 10.2. The maximum Gasteiger partial charge on any atom is 0.456 e. The van der Waals surface area contributed by atoms with Crippen molar-refractivity contribution in [3.63, 3.8) is 0 Å². The van der Waals surface area contributed by atoms with Gasteiger partial charge in [0, 0.05) is 5.02 Å². The lowest BCUT2D eigenvalue weighted by molar-refractivity contribution is -0.294. The molecule has 0 aliphatic rings. The first-order chi connectivity index (χ1) is 10.9. The minimum Gasteiger partial charge on any atom is -0.459 e. The van der Waals surface area contributed by atoms with Crippen LogP contribution in [0.4, 0.5) is 22.0 Å². The van der Waals surface area contributed by atoms with E-state index in [0.717, 1.165) is 0 Å². The molecule has 0 saturated carbocycles. The third-order valence-electron chi connectivity index (χ3n) is 2.72. The zero-order valence-electron chi connectivity index (χ0n) is 12.3. The highest BCUT2D eigenvalue weighted by atomic mass is 35.5. The van der Waals surface area contributed by atoms with E-state index >= 15 is 0 Å². The fraction of sp³-hybridized carbons (Fsp3) is 0.429. The molecule has 0 aliphatic carbocycles. The van der Waals surface area contributed by atoms with Gasteiger partial charge in [-0.05, 0) is 30.7 Å². The Balaban J connectivity index is 2.41. The Morgan fingerprint density at radius 1 is 1.08 bits per heavy atom. The third kappa shape index (κ3) is 5.95. The summed E-state index contributed by atoms with van der Waals surface area (Å²) < 4.78 is 69.4. The number of hydrogen-bond donors (Lipinski definition) is 0. The summed E-state index contributed by atoms with van der Waals surface area (Å²) >= 11 is 5.78. The minimum absolute atomic E-state index is 0.152. The number of rotatable bonds is 6. The zero-order chi connectivity index (χ0) is 18.5. The summed E-state index contributed by atoms with van der Waals surface area (Å²) in [6.07, 6.45) is -7.06. The summed E-state index contributed by atoms with van der Waals surface area (Å²) in [6, 6.07) is 4.34. The summed E-state index contributed by atoms with van der Waals surface area (Å²) in [6.45, 7) is -0.474. The number of ether oxygens (including phenoxy) is 2. The Bertz CT molecular complexity index is 616. The molecule has 1 aromatic carbocycles. The van der Waals surface area contributed by atoms with Gasteiger partial charge in [-0.15, -0.1) is 0 Å². The number of aryl methyl sites for hydroxylation is 1. The number of carbonyl (C=O) groups excluding carboxylic acids is 2. The zero-order valence-corrected chi connectivity index (χ0v) is 13.0. The van der Waals surface area contributed by atoms with Gasteiger partial charge in [-0.2, -0.15) is 22.0 Å². The van der Waals surface area contributed by atoms with Crippen LogP contribution in [-0.4, -0.2) is 30.6 Å². The van der Waals surface area contributed by atoms with E-state index in [1.165, 1.54) is 18.2 Å². The summed E-state index contributed by atoms with van der Waals surface area (Å²) in [4.78, 5) is 22.6. The van der Waals surface area contributed by atoms with Crippen LogP contribution in [0.1, 0.15) is 18.4 Å². The summed E-state index contributed by atoms with van der Waals surface area (Å²) in [5.41, 5.74) is 0.635. The van der Waals surface area contributed by atoms with Crippen molar-refractivity contribution < 1.29 is 41.0 Å². The number of esters is 2. The number of benzene rings is 1. The summed E-state index contributed by atoms with van der Waals surface area (Å²) in [7, 11) is 0. The van der Waals surface area contributed by atoms with Crippen molar-refractivity contribution >= 4 is 23.5 Å². The van der Waals surface area contributed by atoms with Crippen LogP contribution in [0.25, 0.3) is 0 Å². The fourth-order valence-corrected chi connectivity index (χ4v) is 1.51. The Hall–Kier alpha value is -1.90. The van der Waals surface area contributed by atoms with Crippen LogP contribution in [0.2, 0.25) is 5.02 Å². The van der Waals surface area contributed by atoms with Gasteiger partial charge in [0.15, 0.2) is 6.61 Å². The largest absolute Gasteiger partial charge is 0.459 e. The second-order valence-electron chi connectivity index (χ2n) is 4.75. The average molecular weight is 375 g/mol. The van der Waals surface area contributed by atoms with Gasteiger partial charge in [-0.1, -0.05) is 11.6 Å². The van der Waals surface area contributed by atoms with E-state index in [1.54, 1.807) is 6.92 Å². The topological polar surface area (TPSA) is 52.6 Å². The maximum atomic E-state index is 12.5. The van der Waals surface area contributed by atoms with Crippen molar-refractivity contribution in [2.75, 3.05) is 6.61 Å². The van der Waals surface area contributed by atoms with Crippen molar-refractivity contribution in [2.24, 2.45) is 0 Å². The van der Waals surface area contributed by atoms with Crippen LogP contribution in [0.5, 0.6) is 5.75 Å². The smallest absolute Gasteiger partial charge is 0.456 e. The first-order valence-corrected chi connectivity index (χ1v) is 6.87. The van der Waals surface area contributed by atoms with Gasteiger partial charge in [-0.3, -0.25) is 9.59 Å². The van der Waals surface area contributed by atoms with E-state index in [4.69, 9.17) is 16.3 Å². The second-order valence-corrected chi connectivity index (χ2v) is 5.16. The molecule has 0 radical (unpaired) electrons. The number of carbonyl (C=O) groups is 2. The molecular weight excluding hydrogens is 363 g/mol. The molecule has 0 bridgehead atoms. The Kier molecular flexibility index (Phi) is 6.53. The molecule has 0 atom stereocenters. The van der Waals surface area contributed by atoms with Gasteiger partial charge in [0.1, 0.15) is 5.75 Å². The van der Waals surface area contributed by atoms with Crippen molar-refractivity contribution in [1.29, 1.82) is 0 Å². The van der Waals surface area contributed by atoms with Crippen LogP contribution < -0.4 is 4.74 Å². The van der Waals surface area contributed by atoms with E-state index < -0.39 is 43.5 Å². The lowest BCUT2D eigenvalue weighted by Gasteiger charge is -2.18. The predicted molar refractivity (Wildman–Crippen MR) is 73.0 cm³/mol. The molecule has 0 saturated heterocycles. The second kappa shape index (κ2) is 7.78. The average Bonchev–Trinajstić information content (AvgIpc) is 2.46. The Morgan fingerprint density at radius 3 is 2.21 bits per heavy atom. The number of halogens is 6. The maximum absolute atomic E-state index is 12.5. The summed E-state index contributed by atoms with van der Waals surface area (Å²) in [5.74, 6) is -7.25. The highest BCUT2D eigenvalue weighted by Crippen LogP contribution is 2.35. The standard InChI is InChI=1S/C14H12ClF5O4/c1-8-6-9(2-3-10(8)15)24-12(22)5-4-11(21)23-7-13(16,17)14(18,19)20/h2-3,6H,4-5,7H2,1H3. The minimum atomic E-state index is -5.82. The Labute approximate surface area is 138 Å². The van der Waals surface area contributed by atoms with Gasteiger partial charge >= 0.3 is 24.0 Å². The van der Waals surface area contributed by atoms with E-state index in [2.05, 4.69) is 4.74 Å². The van der Waals surface area contributed by atoms with Gasteiger partial charge < -0.3 is 9.47 Å². The molecule has 1 aromatic rings. The van der Waals surface area contributed by atoms with Crippen molar-refractivity contribution in [1.82, 2.24) is 0 Å². The molecule has 0 amide bonds. The van der Waals surface area contributed by atoms with Gasteiger partial charge in [-0.25, -0.2) is 0 Å². The van der Waals surface area contributed by atoms with Crippen LogP contribution in [0, 0.1) is 6.92 Å². The molecule has 4 nitrogen and oxygen atoms in total. The molecule has 0 heterocycles. The van der Waals surface area contributed by atoms with Crippen molar-refractivity contribution in [3.05, 3.63) is 28.8 Å². The van der Waals surface area contributed by atoms with Crippen LogP contribution in [-0.2, 0) is 14.3 Å². The molecule has 0 aliphatic heterocycles. The molecule has 1 rings (SSSR count). The van der Waals surface area contributed by atoms with Crippen LogP contribution >= 0.6 is 11.6 Å². The molecule has 134 valence electrons. The van der Waals surface area contributed by atoms with Crippen molar-refractivity contribution in [2.45, 2.75) is 31.9 Å². The highest BCUT2D eigenvalue weighted by molar-refractivity contribution is 6.31. The normalized spacial score (nSPS) is 12.0. The van der Waals surface area contributed by atoms with Gasteiger partial charge in [0.25, 0.3) is 0 Å². The van der Waals surface area contributed by atoms with E-state index in [0.29, 0.717) is 10.6 Å². The molecule has 0 spiro atoms. The molecule has 0 aromatic heterocycles. The fourth-order valence-electron chi connectivity index (χ4n) is 1.39. The first kappa shape index (κ1) is 20.1. The highest BCUT2D eigenvalue weighted by Gasteiger charge is 2.58. The van der Waals surface area contributed by atoms with E-state index in [1.807, 2.05) is 0 Å². The van der Waals surface area contributed by atoms with Crippen molar-refractivity contribution in [3.8, 4) is 5.75 Å². The number of alkyl halides is 5. The molecular formula is C14H12ClF5O4. The van der Waals surface area contributed by atoms with E-state index in [-0.39, 0.29) is 5.75 Å². The predicted octanol–water partition coefficient (Wildman–Crippen LogP) is 4.07. The van der Waals surface area contributed by atoms with Gasteiger partial charge in [0.05, 0.1) is 12.8 Å². The third-order valence-corrected chi connectivity index (χ3v) is 3.15. The molecule has 0 unspecified atom stereocenters. The van der Waals surface area contributed by atoms with Crippen LogP contribution in [0.3, 0.4) is 0 Å². The monoisotopic (exact) mass is 374 g/mol.